The van der Waals surface area contributed by atoms with Gasteiger partial charge in [0, 0.05) is 36.8 Å². The molecule has 216 valence electrons. The Kier molecular flexibility index (Phi) is 9.83. The normalized spacial score (nSPS) is 14.7. The molecule has 0 radical (unpaired) electrons. The Balaban J connectivity index is 1.67. The van der Waals surface area contributed by atoms with E-state index in [0.717, 1.165) is 29.7 Å². The number of carbonyl (C=O) groups excluding carboxylic acids is 1. The Morgan fingerprint density at radius 2 is 2.00 bits per heavy atom. The van der Waals surface area contributed by atoms with Gasteiger partial charge in [-0.15, -0.1) is 0 Å². The molecule has 1 amide bonds. The Morgan fingerprint density at radius 3 is 2.65 bits per heavy atom. The van der Waals surface area contributed by atoms with Gasteiger partial charge in [-0.25, -0.2) is 14.8 Å². The van der Waals surface area contributed by atoms with E-state index in [0.29, 0.717) is 65.7 Å². The molecule has 3 heterocycles. The minimum absolute atomic E-state index is 0.100. The van der Waals surface area contributed by atoms with Crippen LogP contribution in [0.25, 0.3) is 22.6 Å². The minimum atomic E-state index is -0.656. The first-order valence-corrected chi connectivity index (χ1v) is 13.8. The molecule has 11 nitrogen and oxygen atoms in total. The van der Waals surface area contributed by atoms with E-state index in [1.165, 1.54) is 0 Å². The average molecular weight is 573 g/mol. The van der Waals surface area contributed by atoms with Crippen LogP contribution in [0.5, 0.6) is 5.75 Å². The van der Waals surface area contributed by atoms with Crippen molar-refractivity contribution in [3.8, 4) is 28.4 Å². The maximum absolute atomic E-state index is 12.1. The molecule has 0 aliphatic carbocycles. The molecule has 0 saturated carbocycles. The molecule has 1 aliphatic rings. The van der Waals surface area contributed by atoms with Crippen molar-refractivity contribution >= 4 is 23.5 Å². The summed E-state index contributed by atoms with van der Waals surface area (Å²) in [7, 11) is 1.77. The first-order valence-electron chi connectivity index (χ1n) is 13.5. The molecule has 3 N–H and O–H groups in total. The fourth-order valence-electron chi connectivity index (χ4n) is 4.71. The van der Waals surface area contributed by atoms with Crippen molar-refractivity contribution in [1.82, 2.24) is 25.3 Å². The van der Waals surface area contributed by atoms with Crippen LogP contribution in [0.3, 0.4) is 0 Å². The van der Waals surface area contributed by atoms with Crippen LogP contribution in [0.1, 0.15) is 36.8 Å². The number of amides is 1. The number of rotatable bonds is 10. The number of nitrogens with zero attached hydrogens (tertiary/aromatic N) is 4. The van der Waals surface area contributed by atoms with E-state index in [4.69, 9.17) is 35.6 Å². The highest BCUT2D eigenvalue weighted by Gasteiger charge is 2.26. The van der Waals surface area contributed by atoms with Gasteiger partial charge in [-0.05, 0) is 65.8 Å². The number of anilines is 1. The largest absolute Gasteiger partial charge is 0.491 e. The number of hydrogen-bond donors (Lipinski definition) is 3. The predicted octanol–water partition coefficient (Wildman–Crippen LogP) is 4.37. The lowest BCUT2D eigenvalue weighted by Gasteiger charge is -2.32. The monoisotopic (exact) mass is 572 g/mol. The molecular weight excluding hydrogens is 536 g/mol. The number of aryl methyl sites for hydroxylation is 2. The summed E-state index contributed by atoms with van der Waals surface area (Å²) in [5, 5.41) is 21.1. The molecule has 0 spiro atoms. The van der Waals surface area contributed by atoms with Crippen molar-refractivity contribution in [1.29, 1.82) is 0 Å². The van der Waals surface area contributed by atoms with Crippen molar-refractivity contribution < 1.29 is 23.9 Å². The Labute approximate surface area is 239 Å². The van der Waals surface area contributed by atoms with Crippen LogP contribution in [0.4, 0.5) is 10.6 Å². The van der Waals surface area contributed by atoms with E-state index in [9.17, 15) is 9.90 Å². The Morgan fingerprint density at radius 1 is 1.25 bits per heavy atom. The summed E-state index contributed by atoms with van der Waals surface area (Å²) in [6, 6.07) is 5.35. The van der Waals surface area contributed by atoms with Gasteiger partial charge in [-0.2, -0.15) is 0 Å². The second kappa shape index (κ2) is 13.3. The standard InChI is InChI=1S/C28H37ClN6O5/c1-6-38-28(37)35-11-9-19(10-12-35)31-26-16(2)25(24-17(3)34-40-18(24)4)32-27(33-26)22-13-21(7-8-23(22)29)39-15-20(36)14-30-5/h7-8,13,19-20,30,36H,6,9-12,14-15H2,1-5H3,(H,31,32,33). The molecule has 40 heavy (non-hydrogen) atoms. The summed E-state index contributed by atoms with van der Waals surface area (Å²) in [6.45, 7) is 9.58. The van der Waals surface area contributed by atoms with Gasteiger partial charge >= 0.3 is 6.09 Å². The number of carbonyl (C=O) groups is 1. The predicted molar refractivity (Wildman–Crippen MR) is 153 cm³/mol. The zero-order valence-electron chi connectivity index (χ0n) is 23.6. The molecule has 0 bridgehead atoms. The molecule has 2 aromatic heterocycles. The van der Waals surface area contributed by atoms with Gasteiger partial charge in [0.15, 0.2) is 5.82 Å². The quantitative estimate of drug-likeness (QED) is 0.321. The van der Waals surface area contributed by atoms with Crippen LogP contribution in [0.15, 0.2) is 22.7 Å². The van der Waals surface area contributed by atoms with Crippen molar-refractivity contribution in [2.45, 2.75) is 52.7 Å². The van der Waals surface area contributed by atoms with E-state index in [2.05, 4.69) is 15.8 Å². The summed E-state index contributed by atoms with van der Waals surface area (Å²) in [5.41, 5.74) is 3.67. The molecule has 1 saturated heterocycles. The third-order valence-electron chi connectivity index (χ3n) is 6.84. The van der Waals surface area contributed by atoms with Crippen LogP contribution in [-0.2, 0) is 4.74 Å². The number of aliphatic hydroxyl groups excluding tert-OH is 1. The summed E-state index contributed by atoms with van der Waals surface area (Å²) in [4.78, 5) is 23.7. The van der Waals surface area contributed by atoms with E-state index in [1.54, 1.807) is 37.1 Å². The lowest BCUT2D eigenvalue weighted by Crippen LogP contribution is -2.42. The van der Waals surface area contributed by atoms with Gasteiger partial charge in [0.05, 0.1) is 28.6 Å². The zero-order chi connectivity index (χ0) is 28.8. The second-order valence-corrected chi connectivity index (χ2v) is 10.2. The lowest BCUT2D eigenvalue weighted by molar-refractivity contribution is 0.0983. The molecule has 1 aromatic carbocycles. The van der Waals surface area contributed by atoms with Gasteiger partial charge in [0.1, 0.15) is 30.0 Å². The first kappa shape index (κ1) is 29.6. The molecular formula is C28H37ClN6O5. The molecule has 1 fully saturated rings. The lowest BCUT2D eigenvalue weighted by atomic mass is 10.0. The first-order chi connectivity index (χ1) is 19.2. The van der Waals surface area contributed by atoms with Crippen LogP contribution in [-0.4, -0.2) is 83.3 Å². The number of piperidine rings is 1. The number of benzene rings is 1. The summed E-state index contributed by atoms with van der Waals surface area (Å²) < 4.78 is 16.4. The zero-order valence-corrected chi connectivity index (χ0v) is 24.3. The summed E-state index contributed by atoms with van der Waals surface area (Å²) in [6.07, 6.45) is 0.559. The summed E-state index contributed by atoms with van der Waals surface area (Å²) in [5.74, 6) is 2.28. The SMILES string of the molecule is CCOC(=O)N1CCC(Nc2nc(-c3cc(OCC(O)CNC)ccc3Cl)nc(-c3c(C)noc3C)c2C)CC1. The van der Waals surface area contributed by atoms with Gasteiger partial charge in [0.25, 0.3) is 0 Å². The van der Waals surface area contributed by atoms with Gasteiger partial charge in [0.2, 0.25) is 0 Å². The van der Waals surface area contributed by atoms with Crippen molar-refractivity contribution in [2.75, 3.05) is 45.2 Å². The third-order valence-corrected chi connectivity index (χ3v) is 7.17. The van der Waals surface area contributed by atoms with E-state index < -0.39 is 6.10 Å². The summed E-state index contributed by atoms with van der Waals surface area (Å²) >= 11 is 6.64. The smallest absolute Gasteiger partial charge is 0.409 e. The number of aliphatic hydroxyl groups is 1. The van der Waals surface area contributed by atoms with Crippen molar-refractivity contribution in [3.63, 3.8) is 0 Å². The highest BCUT2D eigenvalue weighted by Crippen LogP contribution is 2.36. The molecule has 1 atom stereocenters. The number of ether oxygens (including phenoxy) is 2. The van der Waals surface area contributed by atoms with E-state index in [1.807, 2.05) is 20.8 Å². The van der Waals surface area contributed by atoms with Crippen LogP contribution in [0, 0.1) is 20.8 Å². The van der Waals surface area contributed by atoms with Gasteiger partial charge < -0.3 is 34.6 Å². The van der Waals surface area contributed by atoms with E-state index in [-0.39, 0.29) is 18.7 Å². The maximum Gasteiger partial charge on any atom is 0.409 e. The Hall–Kier alpha value is -3.41. The topological polar surface area (TPSA) is 135 Å². The number of halogens is 1. The van der Waals surface area contributed by atoms with Crippen molar-refractivity contribution in [2.24, 2.45) is 0 Å². The highest BCUT2D eigenvalue weighted by atomic mass is 35.5. The average Bonchev–Trinajstić information content (AvgIpc) is 3.27. The maximum atomic E-state index is 12.1. The molecule has 1 aliphatic heterocycles. The Bertz CT molecular complexity index is 1310. The molecule has 4 rings (SSSR count). The van der Waals surface area contributed by atoms with Crippen LogP contribution in [0.2, 0.25) is 5.02 Å². The number of hydrogen-bond acceptors (Lipinski definition) is 10. The molecule has 12 heteroatoms. The highest BCUT2D eigenvalue weighted by molar-refractivity contribution is 6.33. The number of aromatic nitrogens is 3. The van der Waals surface area contributed by atoms with Crippen LogP contribution < -0.4 is 15.4 Å². The fraction of sp³-hybridized carbons (Fsp3) is 0.500. The van der Waals surface area contributed by atoms with Gasteiger partial charge in [-0.1, -0.05) is 16.8 Å². The number of likely N-dealkylation sites (N-methyl/N-ethyl adjacent to an activating group) is 1. The molecule has 3 aromatic rings. The van der Waals surface area contributed by atoms with Crippen LogP contribution >= 0.6 is 11.6 Å². The number of nitrogens with one attached hydrogen (secondary N) is 2. The van der Waals surface area contributed by atoms with E-state index >= 15 is 0 Å². The second-order valence-electron chi connectivity index (χ2n) is 9.84. The number of likely N-dealkylation sites (tertiary alicyclic amines) is 1. The van der Waals surface area contributed by atoms with Crippen molar-refractivity contribution in [3.05, 3.63) is 40.2 Å². The third kappa shape index (κ3) is 6.83. The minimum Gasteiger partial charge on any atom is -0.491 e. The fourth-order valence-corrected chi connectivity index (χ4v) is 4.91. The van der Waals surface area contributed by atoms with Gasteiger partial charge in [-0.3, -0.25) is 0 Å². The molecule has 1 unspecified atom stereocenters.